The van der Waals surface area contributed by atoms with Crippen molar-refractivity contribution in [1.29, 1.82) is 0 Å². The predicted octanol–water partition coefficient (Wildman–Crippen LogP) is 2.26. The number of benzene rings is 1. The van der Waals surface area contributed by atoms with Crippen LogP contribution in [0.4, 0.5) is 11.4 Å². The zero-order valence-electron chi connectivity index (χ0n) is 20.3. The maximum absolute atomic E-state index is 13.2. The number of rotatable bonds is 4. The summed E-state index contributed by atoms with van der Waals surface area (Å²) in [5.41, 5.74) is 2.25. The lowest BCUT2D eigenvalue weighted by atomic mass is 9.92. The average Bonchev–Trinajstić information content (AvgIpc) is 3.39. The summed E-state index contributed by atoms with van der Waals surface area (Å²) in [6.07, 6.45) is 4.43. The molecule has 188 valence electrons. The van der Waals surface area contributed by atoms with Gasteiger partial charge in [0, 0.05) is 44.2 Å². The summed E-state index contributed by atoms with van der Waals surface area (Å²) in [6.45, 7) is 5.28. The van der Waals surface area contributed by atoms with Crippen LogP contribution in [0, 0.1) is 11.8 Å². The van der Waals surface area contributed by atoms with Crippen molar-refractivity contribution in [3.8, 4) is 0 Å². The zero-order chi connectivity index (χ0) is 24.5. The number of hydrogen-bond donors (Lipinski definition) is 1. The van der Waals surface area contributed by atoms with Gasteiger partial charge in [0.2, 0.25) is 11.8 Å². The molecule has 0 bridgehead atoms. The van der Waals surface area contributed by atoms with Crippen LogP contribution >= 0.6 is 0 Å². The van der Waals surface area contributed by atoms with Gasteiger partial charge in [0.1, 0.15) is 6.04 Å². The van der Waals surface area contributed by atoms with Gasteiger partial charge < -0.3 is 24.8 Å². The summed E-state index contributed by atoms with van der Waals surface area (Å²) in [5.74, 6) is -0.286. The van der Waals surface area contributed by atoms with Gasteiger partial charge in [-0.25, -0.2) is 0 Å². The zero-order valence-corrected chi connectivity index (χ0v) is 20.3. The third kappa shape index (κ3) is 4.60. The molecule has 0 aromatic heterocycles. The van der Waals surface area contributed by atoms with Crippen LogP contribution in [-0.4, -0.2) is 78.9 Å². The van der Waals surface area contributed by atoms with Gasteiger partial charge >= 0.3 is 5.97 Å². The number of ether oxygens (including phenoxy) is 1. The minimum atomic E-state index is -0.159. The van der Waals surface area contributed by atoms with Crippen LogP contribution in [0.5, 0.6) is 0 Å². The van der Waals surface area contributed by atoms with E-state index in [-0.39, 0.29) is 41.6 Å². The molecule has 9 nitrogen and oxygen atoms in total. The quantitative estimate of drug-likeness (QED) is 0.661. The summed E-state index contributed by atoms with van der Waals surface area (Å²) >= 11 is 0. The highest BCUT2D eigenvalue weighted by atomic mass is 16.5. The number of likely N-dealkylation sites (tertiary alicyclic amines) is 2. The van der Waals surface area contributed by atoms with Gasteiger partial charge in [-0.2, -0.15) is 0 Å². The fourth-order valence-corrected chi connectivity index (χ4v) is 5.93. The maximum atomic E-state index is 13.2. The topological polar surface area (TPSA) is 99.3 Å². The van der Waals surface area contributed by atoms with Gasteiger partial charge in [-0.15, -0.1) is 0 Å². The SMILES string of the molecule is CCOC(=O)C1CCN(C(=O)C2CCN(C(=O)c3ccc4c(c3)NC(=O)[C@H]3CCCN43)CC2)CC1. The third-order valence-electron chi connectivity index (χ3n) is 7.92. The molecular weight excluding hydrogens is 448 g/mol. The monoisotopic (exact) mass is 482 g/mol. The Balaban J connectivity index is 1.15. The molecule has 5 rings (SSSR count). The fraction of sp³-hybridized carbons (Fsp3) is 0.615. The molecule has 0 aliphatic carbocycles. The molecule has 9 heteroatoms. The molecule has 3 saturated heterocycles. The highest BCUT2D eigenvalue weighted by Crippen LogP contribution is 2.37. The molecule has 4 aliphatic heterocycles. The number of esters is 1. The Kier molecular flexibility index (Phi) is 6.67. The average molecular weight is 483 g/mol. The van der Waals surface area contributed by atoms with E-state index in [1.54, 1.807) is 13.0 Å². The molecule has 0 saturated carbocycles. The van der Waals surface area contributed by atoms with Gasteiger partial charge in [0.05, 0.1) is 23.9 Å². The molecule has 1 aromatic carbocycles. The highest BCUT2D eigenvalue weighted by Gasteiger charge is 2.37. The number of nitrogens with zero attached hydrogens (tertiary/aromatic N) is 3. The highest BCUT2D eigenvalue weighted by molar-refractivity contribution is 6.06. The van der Waals surface area contributed by atoms with Gasteiger partial charge in [0.15, 0.2) is 0 Å². The van der Waals surface area contributed by atoms with Gasteiger partial charge in [-0.05, 0) is 63.6 Å². The van der Waals surface area contributed by atoms with Crippen molar-refractivity contribution < 1.29 is 23.9 Å². The second kappa shape index (κ2) is 9.87. The Morgan fingerprint density at radius 3 is 2.34 bits per heavy atom. The Labute approximate surface area is 205 Å². The first-order valence-electron chi connectivity index (χ1n) is 12.9. The molecule has 1 aromatic rings. The number of carbonyl (C=O) groups is 4. The van der Waals surface area contributed by atoms with Crippen molar-refractivity contribution in [2.45, 2.75) is 51.5 Å². The van der Waals surface area contributed by atoms with Crippen molar-refractivity contribution in [1.82, 2.24) is 9.80 Å². The van der Waals surface area contributed by atoms with Crippen LogP contribution in [-0.2, 0) is 19.1 Å². The van der Waals surface area contributed by atoms with Crippen molar-refractivity contribution in [2.24, 2.45) is 11.8 Å². The number of hydrogen-bond acceptors (Lipinski definition) is 6. The van der Waals surface area contributed by atoms with E-state index in [0.29, 0.717) is 69.7 Å². The molecular formula is C26H34N4O5. The van der Waals surface area contributed by atoms with E-state index in [9.17, 15) is 19.2 Å². The Morgan fingerprint density at radius 2 is 1.63 bits per heavy atom. The lowest BCUT2D eigenvalue weighted by Gasteiger charge is -2.37. The smallest absolute Gasteiger partial charge is 0.309 e. The maximum Gasteiger partial charge on any atom is 0.309 e. The molecule has 35 heavy (non-hydrogen) atoms. The molecule has 4 heterocycles. The molecule has 1 atom stereocenters. The Hall–Kier alpha value is -3.10. The fourth-order valence-electron chi connectivity index (χ4n) is 5.93. The van der Waals surface area contributed by atoms with E-state index in [4.69, 9.17) is 4.74 Å². The van der Waals surface area contributed by atoms with Gasteiger partial charge in [-0.3, -0.25) is 19.2 Å². The summed E-state index contributed by atoms with van der Waals surface area (Å²) in [6, 6.07) is 5.47. The summed E-state index contributed by atoms with van der Waals surface area (Å²) < 4.78 is 5.12. The number of anilines is 2. The number of carbonyl (C=O) groups excluding carboxylic acids is 4. The van der Waals surface area contributed by atoms with Gasteiger partial charge in [-0.1, -0.05) is 0 Å². The summed E-state index contributed by atoms with van der Waals surface area (Å²) in [7, 11) is 0. The number of piperidine rings is 2. The molecule has 1 N–H and O–H groups in total. The molecule has 3 amide bonds. The second-order valence-electron chi connectivity index (χ2n) is 9.99. The number of fused-ring (bicyclic) bond motifs is 3. The third-order valence-corrected chi connectivity index (χ3v) is 7.92. The number of nitrogens with one attached hydrogen (secondary N) is 1. The molecule has 4 aliphatic rings. The molecule has 0 unspecified atom stereocenters. The van der Waals surface area contributed by atoms with E-state index < -0.39 is 0 Å². The lowest BCUT2D eigenvalue weighted by Crippen LogP contribution is -2.47. The van der Waals surface area contributed by atoms with Gasteiger partial charge in [0.25, 0.3) is 5.91 Å². The van der Waals surface area contributed by atoms with Crippen molar-refractivity contribution >= 4 is 35.1 Å². The second-order valence-corrected chi connectivity index (χ2v) is 9.99. The standard InChI is InChI=1S/C26H34N4O5/c1-2-35-26(34)18-9-14-28(15-10-18)24(32)17-7-12-29(13-8-17)25(33)19-5-6-21-20(16-19)27-23(31)22-4-3-11-30(21)22/h5-6,16-18,22H,2-4,7-15H2,1H3,(H,27,31)/t22-/m1/s1. The number of amides is 3. The lowest BCUT2D eigenvalue weighted by molar-refractivity contribution is -0.152. The first kappa shape index (κ1) is 23.6. The summed E-state index contributed by atoms with van der Waals surface area (Å²) in [4.78, 5) is 56.4. The van der Waals surface area contributed by atoms with E-state index in [1.807, 2.05) is 21.9 Å². The van der Waals surface area contributed by atoms with E-state index in [2.05, 4.69) is 10.2 Å². The molecule has 0 spiro atoms. The first-order valence-corrected chi connectivity index (χ1v) is 12.9. The minimum Gasteiger partial charge on any atom is -0.466 e. The van der Waals surface area contributed by atoms with Crippen LogP contribution < -0.4 is 10.2 Å². The van der Waals surface area contributed by atoms with Crippen LogP contribution in [0.3, 0.4) is 0 Å². The van der Waals surface area contributed by atoms with Crippen LogP contribution in [0.25, 0.3) is 0 Å². The van der Waals surface area contributed by atoms with Crippen LogP contribution in [0.2, 0.25) is 0 Å². The van der Waals surface area contributed by atoms with E-state index >= 15 is 0 Å². The van der Waals surface area contributed by atoms with E-state index in [1.165, 1.54) is 0 Å². The predicted molar refractivity (Wildman–Crippen MR) is 130 cm³/mol. The normalized spacial score (nSPS) is 22.9. The minimum absolute atomic E-state index is 0.00483. The first-order chi connectivity index (χ1) is 17.0. The largest absolute Gasteiger partial charge is 0.466 e. The molecule has 3 fully saturated rings. The van der Waals surface area contributed by atoms with E-state index in [0.717, 1.165) is 25.1 Å². The molecule has 0 radical (unpaired) electrons. The Morgan fingerprint density at radius 1 is 0.943 bits per heavy atom. The van der Waals surface area contributed by atoms with Crippen molar-refractivity contribution in [2.75, 3.05) is 49.5 Å². The van der Waals surface area contributed by atoms with Crippen molar-refractivity contribution in [3.05, 3.63) is 23.8 Å². The Bertz CT molecular complexity index is 1010. The van der Waals surface area contributed by atoms with Crippen molar-refractivity contribution in [3.63, 3.8) is 0 Å². The summed E-state index contributed by atoms with van der Waals surface area (Å²) in [5, 5.41) is 2.97. The van der Waals surface area contributed by atoms with Crippen LogP contribution in [0.1, 0.15) is 55.8 Å². The van der Waals surface area contributed by atoms with Crippen LogP contribution in [0.15, 0.2) is 18.2 Å².